The Morgan fingerprint density at radius 3 is 2.53 bits per heavy atom. The van der Waals surface area contributed by atoms with Gasteiger partial charge in [0.15, 0.2) is 11.5 Å². The molecule has 0 spiro atoms. The van der Waals surface area contributed by atoms with Crippen molar-refractivity contribution in [1.29, 1.82) is 0 Å². The molecule has 2 aromatic rings. The summed E-state index contributed by atoms with van der Waals surface area (Å²) in [5.41, 5.74) is 1.36. The number of ether oxygens (including phenoxy) is 2. The Hall–Kier alpha value is -2.73. The average Bonchev–Trinajstić information content (AvgIpc) is 2.97. The minimum absolute atomic E-state index is 0.139. The van der Waals surface area contributed by atoms with Crippen LogP contribution in [0.5, 0.6) is 11.5 Å². The van der Waals surface area contributed by atoms with E-state index in [0.717, 1.165) is 17.7 Å². The molecular formula is C23H27ClN2O4. The largest absolute Gasteiger partial charge is 0.490 e. The number of nitrogens with one attached hydrogen (secondary N) is 2. The summed E-state index contributed by atoms with van der Waals surface area (Å²) in [6.07, 6.45) is 1.01. The van der Waals surface area contributed by atoms with E-state index in [0.29, 0.717) is 29.5 Å². The minimum Gasteiger partial charge on any atom is -0.490 e. The van der Waals surface area contributed by atoms with E-state index >= 15 is 0 Å². The molecule has 0 radical (unpaired) electrons. The summed E-state index contributed by atoms with van der Waals surface area (Å²) >= 11 is 6.03. The maximum atomic E-state index is 12.5. The van der Waals surface area contributed by atoms with Gasteiger partial charge in [0.05, 0.1) is 29.8 Å². The van der Waals surface area contributed by atoms with Gasteiger partial charge in [0, 0.05) is 19.4 Å². The number of hydrogen-bond acceptors (Lipinski definition) is 4. The maximum absolute atomic E-state index is 12.5. The van der Waals surface area contributed by atoms with Crippen molar-refractivity contribution in [3.63, 3.8) is 0 Å². The quantitative estimate of drug-likeness (QED) is 0.692. The van der Waals surface area contributed by atoms with E-state index in [1.54, 1.807) is 24.3 Å². The predicted molar refractivity (Wildman–Crippen MR) is 116 cm³/mol. The first-order chi connectivity index (χ1) is 14.5. The van der Waals surface area contributed by atoms with Crippen LogP contribution < -0.4 is 20.1 Å². The van der Waals surface area contributed by atoms with Crippen LogP contribution in [-0.2, 0) is 4.79 Å². The molecule has 0 saturated carbocycles. The third-order valence-corrected chi connectivity index (χ3v) is 5.20. The molecule has 1 aliphatic rings. The van der Waals surface area contributed by atoms with E-state index in [2.05, 4.69) is 10.6 Å². The van der Waals surface area contributed by atoms with Crippen LogP contribution in [-0.4, -0.2) is 31.6 Å². The second-order valence-corrected chi connectivity index (χ2v) is 7.94. The molecule has 2 N–H and O–H groups in total. The molecule has 1 heterocycles. The zero-order valence-corrected chi connectivity index (χ0v) is 18.0. The third kappa shape index (κ3) is 5.66. The molecule has 7 heteroatoms. The number of amides is 2. The van der Waals surface area contributed by atoms with Crippen LogP contribution in [0.25, 0.3) is 0 Å². The van der Waals surface area contributed by atoms with E-state index in [-0.39, 0.29) is 36.7 Å². The molecule has 0 saturated heterocycles. The first kappa shape index (κ1) is 22.0. The highest BCUT2D eigenvalue weighted by Gasteiger charge is 2.21. The van der Waals surface area contributed by atoms with Gasteiger partial charge in [0.1, 0.15) is 0 Å². The lowest BCUT2D eigenvalue weighted by atomic mass is 9.95. The first-order valence-corrected chi connectivity index (χ1v) is 10.5. The molecular weight excluding hydrogens is 404 g/mol. The topological polar surface area (TPSA) is 76.7 Å². The fraction of sp³-hybridized carbons (Fsp3) is 0.391. The van der Waals surface area contributed by atoms with Crippen molar-refractivity contribution in [1.82, 2.24) is 10.6 Å². The van der Waals surface area contributed by atoms with Gasteiger partial charge >= 0.3 is 0 Å². The molecule has 30 heavy (non-hydrogen) atoms. The van der Waals surface area contributed by atoms with Crippen molar-refractivity contribution >= 4 is 23.4 Å². The van der Waals surface area contributed by atoms with Gasteiger partial charge < -0.3 is 20.1 Å². The van der Waals surface area contributed by atoms with Gasteiger partial charge in [-0.15, -0.1) is 0 Å². The van der Waals surface area contributed by atoms with E-state index in [1.807, 2.05) is 32.0 Å². The van der Waals surface area contributed by atoms with E-state index in [9.17, 15) is 9.59 Å². The fourth-order valence-electron chi connectivity index (χ4n) is 3.28. The van der Waals surface area contributed by atoms with Crippen LogP contribution in [0.1, 0.15) is 48.7 Å². The molecule has 0 aliphatic carbocycles. The number of halogens is 1. The van der Waals surface area contributed by atoms with E-state index in [4.69, 9.17) is 21.1 Å². The first-order valence-electron chi connectivity index (χ1n) is 10.2. The zero-order valence-electron chi connectivity index (χ0n) is 17.2. The lowest BCUT2D eigenvalue weighted by Crippen LogP contribution is -2.35. The summed E-state index contributed by atoms with van der Waals surface area (Å²) in [7, 11) is 0. The smallest absolute Gasteiger partial charge is 0.252 e. The summed E-state index contributed by atoms with van der Waals surface area (Å²) < 4.78 is 11.5. The molecule has 6 nitrogen and oxygen atoms in total. The number of benzene rings is 2. The Balaban J connectivity index is 1.57. The monoisotopic (exact) mass is 430 g/mol. The van der Waals surface area contributed by atoms with Gasteiger partial charge in [-0.25, -0.2) is 0 Å². The molecule has 2 amide bonds. The van der Waals surface area contributed by atoms with Crippen molar-refractivity contribution in [3.8, 4) is 11.5 Å². The van der Waals surface area contributed by atoms with Crippen LogP contribution in [0.3, 0.4) is 0 Å². The standard InChI is InChI=1S/C23H27ClN2O4/c1-15(2)22(16-8-9-19-20(14-16)30-13-5-12-29-19)26-21(27)10-11-25-23(28)17-6-3-4-7-18(17)24/h3-4,6-9,14-15,22H,5,10-13H2,1-2H3,(H,25,28)(H,26,27)/t22-/m0/s1. The number of fused-ring (bicyclic) bond motifs is 1. The van der Waals surface area contributed by atoms with E-state index < -0.39 is 0 Å². The Labute approximate surface area is 181 Å². The molecule has 160 valence electrons. The number of carbonyl (C=O) groups is 2. The lowest BCUT2D eigenvalue weighted by molar-refractivity contribution is -0.122. The summed E-state index contributed by atoms with van der Waals surface area (Å²) in [6.45, 7) is 5.57. The molecule has 3 rings (SSSR count). The summed E-state index contributed by atoms with van der Waals surface area (Å²) in [5, 5.41) is 6.19. The molecule has 1 aliphatic heterocycles. The highest BCUT2D eigenvalue weighted by atomic mass is 35.5. The fourth-order valence-corrected chi connectivity index (χ4v) is 3.51. The van der Waals surface area contributed by atoms with Crippen LogP contribution in [0.4, 0.5) is 0 Å². The minimum atomic E-state index is -0.295. The molecule has 0 aromatic heterocycles. The molecule has 1 atom stereocenters. The molecule has 0 bridgehead atoms. The molecule has 0 unspecified atom stereocenters. The second-order valence-electron chi connectivity index (χ2n) is 7.53. The van der Waals surface area contributed by atoms with Crippen molar-refractivity contribution in [2.24, 2.45) is 5.92 Å². The highest BCUT2D eigenvalue weighted by Crippen LogP contribution is 2.34. The predicted octanol–water partition coefficient (Wildman–Crippen LogP) is 4.13. The van der Waals surface area contributed by atoms with Crippen molar-refractivity contribution < 1.29 is 19.1 Å². The van der Waals surface area contributed by atoms with E-state index in [1.165, 1.54) is 0 Å². The molecule has 0 fully saturated rings. The van der Waals surface area contributed by atoms with Gasteiger partial charge in [-0.05, 0) is 35.7 Å². The third-order valence-electron chi connectivity index (χ3n) is 4.87. The van der Waals surface area contributed by atoms with Gasteiger partial charge in [-0.1, -0.05) is 43.6 Å². The van der Waals surface area contributed by atoms with Gasteiger partial charge in [0.2, 0.25) is 5.91 Å². The lowest BCUT2D eigenvalue weighted by Gasteiger charge is -2.24. The zero-order chi connectivity index (χ0) is 21.5. The van der Waals surface area contributed by atoms with Crippen LogP contribution >= 0.6 is 11.6 Å². The van der Waals surface area contributed by atoms with Crippen LogP contribution in [0, 0.1) is 5.92 Å². The highest BCUT2D eigenvalue weighted by molar-refractivity contribution is 6.33. The van der Waals surface area contributed by atoms with Gasteiger partial charge in [0.25, 0.3) is 5.91 Å². The Bertz CT molecular complexity index is 901. The average molecular weight is 431 g/mol. The number of hydrogen-bond donors (Lipinski definition) is 2. The van der Waals surface area contributed by atoms with Gasteiger partial charge in [-0.3, -0.25) is 9.59 Å². The van der Waals surface area contributed by atoms with Crippen molar-refractivity contribution in [2.75, 3.05) is 19.8 Å². The van der Waals surface area contributed by atoms with Crippen molar-refractivity contribution in [2.45, 2.75) is 32.7 Å². The van der Waals surface area contributed by atoms with Crippen LogP contribution in [0.2, 0.25) is 5.02 Å². The van der Waals surface area contributed by atoms with Gasteiger partial charge in [-0.2, -0.15) is 0 Å². The van der Waals surface area contributed by atoms with Crippen LogP contribution in [0.15, 0.2) is 42.5 Å². The maximum Gasteiger partial charge on any atom is 0.252 e. The SMILES string of the molecule is CC(C)[C@H](NC(=O)CCNC(=O)c1ccccc1Cl)c1ccc2c(c1)OCCCO2. The number of rotatable bonds is 7. The Morgan fingerprint density at radius 1 is 1.07 bits per heavy atom. The Morgan fingerprint density at radius 2 is 1.80 bits per heavy atom. The Kier molecular flexibility index (Phi) is 7.57. The summed E-state index contributed by atoms with van der Waals surface area (Å²) in [6, 6.07) is 12.4. The van der Waals surface area contributed by atoms with Crippen molar-refractivity contribution in [3.05, 3.63) is 58.6 Å². The molecule has 2 aromatic carbocycles. The summed E-state index contributed by atoms with van der Waals surface area (Å²) in [4.78, 5) is 24.7. The summed E-state index contributed by atoms with van der Waals surface area (Å²) in [5.74, 6) is 1.18. The second kappa shape index (κ2) is 10.3. The number of carbonyl (C=O) groups excluding carboxylic acids is 2. The normalized spacial score (nSPS) is 14.0.